The standard InChI is InChI=1S/C14H15BrN2/c1-2-17(12-6-4-3-5-7-12)14-9-8-11(16)10-13(14)15/h3-10H,2,16H2,1H3. The monoisotopic (exact) mass is 290 g/mol. The number of halogens is 1. The lowest BCUT2D eigenvalue weighted by Crippen LogP contribution is -2.16. The molecule has 2 nitrogen and oxygen atoms in total. The molecule has 0 radical (unpaired) electrons. The molecule has 3 heteroatoms. The van der Waals surface area contributed by atoms with Gasteiger partial charge in [-0.3, -0.25) is 0 Å². The normalized spacial score (nSPS) is 10.2. The Kier molecular flexibility index (Phi) is 3.69. The summed E-state index contributed by atoms with van der Waals surface area (Å²) in [6, 6.07) is 16.2. The van der Waals surface area contributed by atoms with Crippen LogP contribution in [0.4, 0.5) is 17.1 Å². The van der Waals surface area contributed by atoms with E-state index in [1.807, 2.05) is 36.4 Å². The van der Waals surface area contributed by atoms with E-state index in [1.165, 1.54) is 5.69 Å². The van der Waals surface area contributed by atoms with E-state index in [0.29, 0.717) is 0 Å². The van der Waals surface area contributed by atoms with Gasteiger partial charge in [0.15, 0.2) is 0 Å². The molecule has 0 saturated heterocycles. The third kappa shape index (κ3) is 2.61. The van der Waals surface area contributed by atoms with Crippen molar-refractivity contribution in [1.29, 1.82) is 0 Å². The lowest BCUT2D eigenvalue weighted by atomic mass is 10.2. The minimum absolute atomic E-state index is 0.768. The van der Waals surface area contributed by atoms with Crippen LogP contribution in [0.5, 0.6) is 0 Å². The average molecular weight is 291 g/mol. The fourth-order valence-corrected chi connectivity index (χ4v) is 2.45. The van der Waals surface area contributed by atoms with Crippen molar-refractivity contribution in [3.63, 3.8) is 0 Å². The molecule has 0 aliphatic rings. The number of benzene rings is 2. The molecular weight excluding hydrogens is 276 g/mol. The van der Waals surface area contributed by atoms with Crippen molar-refractivity contribution in [3.05, 3.63) is 53.0 Å². The van der Waals surface area contributed by atoms with Gasteiger partial charge in [-0.1, -0.05) is 18.2 Å². The van der Waals surface area contributed by atoms with Crippen molar-refractivity contribution in [3.8, 4) is 0 Å². The Morgan fingerprint density at radius 2 is 1.82 bits per heavy atom. The molecule has 0 aliphatic carbocycles. The Morgan fingerprint density at radius 1 is 1.12 bits per heavy atom. The van der Waals surface area contributed by atoms with Gasteiger partial charge in [0.1, 0.15) is 0 Å². The molecule has 0 aliphatic heterocycles. The highest BCUT2D eigenvalue weighted by Gasteiger charge is 2.10. The molecule has 0 atom stereocenters. The lowest BCUT2D eigenvalue weighted by Gasteiger charge is -2.24. The van der Waals surface area contributed by atoms with Crippen LogP contribution in [-0.4, -0.2) is 6.54 Å². The first-order valence-corrected chi connectivity index (χ1v) is 6.39. The zero-order chi connectivity index (χ0) is 12.3. The van der Waals surface area contributed by atoms with Crippen LogP contribution >= 0.6 is 15.9 Å². The Morgan fingerprint density at radius 3 is 2.41 bits per heavy atom. The van der Waals surface area contributed by atoms with Crippen LogP contribution in [0.2, 0.25) is 0 Å². The summed E-state index contributed by atoms with van der Waals surface area (Å²) in [6.07, 6.45) is 0. The Labute approximate surface area is 110 Å². The van der Waals surface area contributed by atoms with E-state index in [1.54, 1.807) is 0 Å². The Hall–Kier alpha value is -1.48. The zero-order valence-electron chi connectivity index (χ0n) is 9.73. The first-order valence-electron chi connectivity index (χ1n) is 5.60. The summed E-state index contributed by atoms with van der Waals surface area (Å²) in [5.74, 6) is 0. The summed E-state index contributed by atoms with van der Waals surface area (Å²) in [7, 11) is 0. The number of rotatable bonds is 3. The molecule has 0 bridgehead atoms. The minimum atomic E-state index is 0.768. The van der Waals surface area contributed by atoms with E-state index in [0.717, 1.165) is 22.4 Å². The Balaban J connectivity index is 2.42. The molecule has 2 N–H and O–H groups in total. The highest BCUT2D eigenvalue weighted by Crippen LogP contribution is 2.33. The van der Waals surface area contributed by atoms with E-state index in [2.05, 4.69) is 39.9 Å². The fourth-order valence-electron chi connectivity index (χ4n) is 1.84. The first kappa shape index (κ1) is 12.0. The highest BCUT2D eigenvalue weighted by molar-refractivity contribution is 9.10. The van der Waals surface area contributed by atoms with Gasteiger partial charge in [0.2, 0.25) is 0 Å². The van der Waals surface area contributed by atoms with Crippen LogP contribution in [0, 0.1) is 0 Å². The van der Waals surface area contributed by atoms with Crippen LogP contribution in [-0.2, 0) is 0 Å². The molecule has 0 heterocycles. The molecule has 0 amide bonds. The predicted molar refractivity (Wildman–Crippen MR) is 77.7 cm³/mol. The van der Waals surface area contributed by atoms with Gasteiger partial charge in [0.25, 0.3) is 0 Å². The molecule has 88 valence electrons. The molecular formula is C14H15BrN2. The van der Waals surface area contributed by atoms with Gasteiger partial charge in [-0.25, -0.2) is 0 Å². The molecule has 2 aromatic rings. The summed E-state index contributed by atoms with van der Waals surface area (Å²) in [4.78, 5) is 2.24. The first-order chi connectivity index (χ1) is 8.22. The van der Waals surface area contributed by atoms with Crippen LogP contribution in [0.3, 0.4) is 0 Å². The molecule has 0 saturated carbocycles. The molecule has 0 aromatic heterocycles. The van der Waals surface area contributed by atoms with Gasteiger partial charge >= 0.3 is 0 Å². The van der Waals surface area contributed by atoms with E-state index in [4.69, 9.17) is 5.73 Å². The van der Waals surface area contributed by atoms with Gasteiger partial charge in [-0.05, 0) is 53.2 Å². The zero-order valence-corrected chi connectivity index (χ0v) is 11.3. The number of para-hydroxylation sites is 1. The van der Waals surface area contributed by atoms with Crippen LogP contribution in [0.1, 0.15) is 6.92 Å². The summed E-state index contributed by atoms with van der Waals surface area (Å²) < 4.78 is 1.02. The molecule has 0 spiro atoms. The molecule has 2 aromatic carbocycles. The molecule has 17 heavy (non-hydrogen) atoms. The smallest absolute Gasteiger partial charge is 0.0556 e. The van der Waals surface area contributed by atoms with Gasteiger partial charge < -0.3 is 10.6 Å². The largest absolute Gasteiger partial charge is 0.399 e. The van der Waals surface area contributed by atoms with Gasteiger partial charge in [-0.15, -0.1) is 0 Å². The van der Waals surface area contributed by atoms with Crippen molar-refractivity contribution in [2.24, 2.45) is 0 Å². The van der Waals surface area contributed by atoms with Crippen LogP contribution in [0.25, 0.3) is 0 Å². The summed E-state index contributed by atoms with van der Waals surface area (Å²) in [5, 5.41) is 0. The summed E-state index contributed by atoms with van der Waals surface area (Å²) in [6.45, 7) is 3.04. The second-order valence-corrected chi connectivity index (χ2v) is 4.64. The molecule has 0 unspecified atom stereocenters. The van der Waals surface area contributed by atoms with Crippen LogP contribution < -0.4 is 10.6 Å². The number of nitrogens with two attached hydrogens (primary N) is 1. The Bertz CT molecular complexity index is 497. The van der Waals surface area contributed by atoms with Crippen molar-refractivity contribution < 1.29 is 0 Å². The number of hydrogen-bond acceptors (Lipinski definition) is 2. The van der Waals surface area contributed by atoms with E-state index in [9.17, 15) is 0 Å². The topological polar surface area (TPSA) is 29.3 Å². The average Bonchev–Trinajstić information content (AvgIpc) is 2.34. The van der Waals surface area contributed by atoms with Gasteiger partial charge in [-0.2, -0.15) is 0 Å². The fraction of sp³-hybridized carbons (Fsp3) is 0.143. The summed E-state index contributed by atoms with van der Waals surface area (Å²) >= 11 is 3.56. The van der Waals surface area contributed by atoms with Crippen LogP contribution in [0.15, 0.2) is 53.0 Å². The SMILES string of the molecule is CCN(c1ccccc1)c1ccc(N)cc1Br. The van der Waals surface area contributed by atoms with Gasteiger partial charge in [0.05, 0.1) is 5.69 Å². The van der Waals surface area contributed by atoms with E-state index in [-0.39, 0.29) is 0 Å². The number of anilines is 3. The third-order valence-corrected chi connectivity index (χ3v) is 3.28. The van der Waals surface area contributed by atoms with E-state index >= 15 is 0 Å². The van der Waals surface area contributed by atoms with Crippen molar-refractivity contribution in [2.45, 2.75) is 6.92 Å². The quantitative estimate of drug-likeness (QED) is 0.859. The maximum atomic E-state index is 5.76. The number of nitrogen functional groups attached to an aromatic ring is 1. The maximum absolute atomic E-state index is 5.76. The van der Waals surface area contributed by atoms with Gasteiger partial charge in [0, 0.05) is 22.4 Å². The summed E-state index contributed by atoms with van der Waals surface area (Å²) in [5.41, 5.74) is 8.84. The lowest BCUT2D eigenvalue weighted by molar-refractivity contribution is 1.02. The second-order valence-electron chi connectivity index (χ2n) is 3.79. The number of nitrogens with zero attached hydrogens (tertiary/aromatic N) is 1. The predicted octanol–water partition coefficient (Wildman–Crippen LogP) is 4.19. The van der Waals surface area contributed by atoms with Crippen molar-refractivity contribution in [2.75, 3.05) is 17.2 Å². The highest BCUT2D eigenvalue weighted by atomic mass is 79.9. The minimum Gasteiger partial charge on any atom is -0.399 e. The third-order valence-electron chi connectivity index (χ3n) is 2.65. The van der Waals surface area contributed by atoms with Crippen molar-refractivity contribution in [1.82, 2.24) is 0 Å². The van der Waals surface area contributed by atoms with E-state index < -0.39 is 0 Å². The molecule has 2 rings (SSSR count). The number of hydrogen-bond donors (Lipinski definition) is 1. The maximum Gasteiger partial charge on any atom is 0.0556 e. The molecule has 0 fully saturated rings. The van der Waals surface area contributed by atoms with Crippen molar-refractivity contribution >= 4 is 33.0 Å². The second kappa shape index (κ2) is 5.23.